The van der Waals surface area contributed by atoms with Crippen molar-refractivity contribution >= 4 is 5.97 Å². The van der Waals surface area contributed by atoms with Crippen molar-refractivity contribution in [1.29, 1.82) is 0 Å². The number of carbonyl (C=O) groups is 1. The van der Waals surface area contributed by atoms with Gasteiger partial charge in [-0.25, -0.2) is 0 Å². The number of esters is 1. The Morgan fingerprint density at radius 1 is 1.03 bits per heavy atom. The monoisotopic (exact) mass is 444 g/mol. The zero-order chi connectivity index (χ0) is 23.2. The minimum Gasteiger partial charge on any atom is -0.493 e. The van der Waals surface area contributed by atoms with Gasteiger partial charge < -0.3 is 33.5 Å². The van der Waals surface area contributed by atoms with Gasteiger partial charge in [0.2, 0.25) is 18.3 Å². The summed E-state index contributed by atoms with van der Waals surface area (Å²) in [4.78, 5) is 11.9. The molecule has 0 saturated heterocycles. The third-order valence-electron chi connectivity index (χ3n) is 6.24. The van der Waals surface area contributed by atoms with Crippen LogP contribution in [-0.2, 0) is 17.6 Å². The van der Waals surface area contributed by atoms with Crippen LogP contribution in [0.3, 0.4) is 0 Å². The van der Waals surface area contributed by atoms with E-state index in [0.29, 0.717) is 47.2 Å². The number of fused-ring (bicyclic) bond motifs is 4. The van der Waals surface area contributed by atoms with Crippen molar-refractivity contribution < 1.29 is 38.3 Å². The molecule has 4 rings (SSSR count). The first kappa shape index (κ1) is 22.1. The summed E-state index contributed by atoms with van der Waals surface area (Å²) in [6.07, 6.45) is 0.889. The molecule has 2 aliphatic rings. The van der Waals surface area contributed by atoms with Crippen LogP contribution >= 0.6 is 0 Å². The zero-order valence-electron chi connectivity index (χ0n) is 19.2. The van der Waals surface area contributed by atoms with Gasteiger partial charge in [-0.1, -0.05) is 6.92 Å². The smallest absolute Gasteiger partial charge is 0.308 e. The molecular weight excluding hydrogens is 416 g/mol. The minimum absolute atomic E-state index is 0.0791. The number of benzene rings is 2. The normalized spacial score (nSPS) is 21.0. The van der Waals surface area contributed by atoms with E-state index < -0.39 is 11.6 Å². The predicted octanol–water partition coefficient (Wildman–Crippen LogP) is 3.52. The average Bonchev–Trinajstić information content (AvgIpc) is 3.20. The summed E-state index contributed by atoms with van der Waals surface area (Å²) in [5, 5.41) is 11.3. The Kier molecular flexibility index (Phi) is 5.58. The SMILES string of the molecule is COc1cc2c(c(OC)c1OC(C)=O)-c1c(cc3c(c1OC)OCO3)C[C@@H](C)[C@](C)(O)C2. The van der Waals surface area contributed by atoms with Crippen molar-refractivity contribution in [2.75, 3.05) is 28.1 Å². The summed E-state index contributed by atoms with van der Waals surface area (Å²) in [5.41, 5.74) is 2.06. The molecule has 8 nitrogen and oxygen atoms in total. The number of hydrogen-bond donors (Lipinski definition) is 1. The third kappa shape index (κ3) is 3.48. The Balaban J connectivity index is 2.14. The number of methoxy groups -OCH3 is 3. The molecule has 0 unspecified atom stereocenters. The second-order valence-electron chi connectivity index (χ2n) is 8.39. The van der Waals surface area contributed by atoms with Crippen LogP contribution in [0, 0.1) is 5.92 Å². The Morgan fingerprint density at radius 2 is 1.72 bits per heavy atom. The van der Waals surface area contributed by atoms with Crippen molar-refractivity contribution in [3.05, 3.63) is 23.3 Å². The molecule has 2 aromatic rings. The maximum atomic E-state index is 11.9. The molecule has 1 heterocycles. The fourth-order valence-corrected chi connectivity index (χ4v) is 4.47. The summed E-state index contributed by atoms with van der Waals surface area (Å²) in [6.45, 7) is 5.23. The molecule has 8 heteroatoms. The van der Waals surface area contributed by atoms with E-state index in [9.17, 15) is 9.90 Å². The highest BCUT2D eigenvalue weighted by Crippen LogP contribution is 2.56. The van der Waals surface area contributed by atoms with Crippen LogP contribution in [0.15, 0.2) is 12.1 Å². The Labute approximate surface area is 186 Å². The van der Waals surface area contributed by atoms with Gasteiger partial charge >= 0.3 is 5.97 Å². The summed E-state index contributed by atoms with van der Waals surface area (Å²) in [6, 6.07) is 3.69. The van der Waals surface area contributed by atoms with Crippen LogP contribution in [0.5, 0.6) is 34.5 Å². The topological polar surface area (TPSA) is 92.7 Å². The number of hydrogen-bond acceptors (Lipinski definition) is 8. The molecule has 0 aromatic heterocycles. The second kappa shape index (κ2) is 8.09. The van der Waals surface area contributed by atoms with Crippen LogP contribution in [0.2, 0.25) is 0 Å². The molecule has 1 N–H and O–H groups in total. The van der Waals surface area contributed by atoms with E-state index in [-0.39, 0.29) is 18.5 Å². The Hall–Kier alpha value is -3.13. The van der Waals surface area contributed by atoms with Gasteiger partial charge in [0.25, 0.3) is 0 Å². The number of aliphatic hydroxyl groups is 1. The molecule has 2 atom stereocenters. The van der Waals surface area contributed by atoms with E-state index in [1.165, 1.54) is 21.1 Å². The molecule has 0 fully saturated rings. The lowest BCUT2D eigenvalue weighted by Crippen LogP contribution is -2.37. The maximum absolute atomic E-state index is 11.9. The summed E-state index contributed by atoms with van der Waals surface area (Å²) >= 11 is 0. The molecule has 1 aliphatic carbocycles. The average molecular weight is 444 g/mol. The molecule has 32 heavy (non-hydrogen) atoms. The molecule has 0 bridgehead atoms. The van der Waals surface area contributed by atoms with E-state index in [0.717, 1.165) is 16.7 Å². The first-order valence-corrected chi connectivity index (χ1v) is 10.4. The molecule has 0 spiro atoms. The van der Waals surface area contributed by atoms with E-state index in [4.69, 9.17) is 28.4 Å². The van der Waals surface area contributed by atoms with Gasteiger partial charge in [-0.15, -0.1) is 0 Å². The summed E-state index contributed by atoms with van der Waals surface area (Å²) in [5.74, 6) is 1.82. The van der Waals surface area contributed by atoms with Gasteiger partial charge in [-0.05, 0) is 42.5 Å². The minimum atomic E-state index is -1.02. The van der Waals surface area contributed by atoms with Crippen LogP contribution in [0.4, 0.5) is 0 Å². The van der Waals surface area contributed by atoms with Gasteiger partial charge in [0.1, 0.15) is 0 Å². The predicted molar refractivity (Wildman–Crippen MR) is 116 cm³/mol. The van der Waals surface area contributed by atoms with Crippen molar-refractivity contribution in [3.8, 4) is 45.6 Å². The molecule has 1 aliphatic heterocycles. The maximum Gasteiger partial charge on any atom is 0.308 e. The van der Waals surface area contributed by atoms with E-state index in [1.807, 2.05) is 19.9 Å². The highest BCUT2D eigenvalue weighted by molar-refractivity contribution is 5.89. The highest BCUT2D eigenvalue weighted by Gasteiger charge is 2.39. The fourth-order valence-electron chi connectivity index (χ4n) is 4.47. The molecule has 172 valence electrons. The number of carbonyl (C=O) groups excluding carboxylic acids is 1. The summed E-state index contributed by atoms with van der Waals surface area (Å²) < 4.78 is 34.0. The van der Waals surface area contributed by atoms with Gasteiger partial charge in [0.05, 0.1) is 26.9 Å². The largest absolute Gasteiger partial charge is 0.493 e. The molecule has 2 aromatic carbocycles. The van der Waals surface area contributed by atoms with Crippen molar-refractivity contribution in [2.24, 2.45) is 5.92 Å². The first-order chi connectivity index (χ1) is 15.2. The number of rotatable bonds is 4. The Bertz CT molecular complexity index is 1070. The van der Waals surface area contributed by atoms with Gasteiger partial charge in [-0.3, -0.25) is 4.79 Å². The quantitative estimate of drug-likeness (QED) is 0.566. The molecular formula is C24H28O8. The van der Waals surface area contributed by atoms with E-state index >= 15 is 0 Å². The van der Waals surface area contributed by atoms with Gasteiger partial charge in [0.15, 0.2) is 23.0 Å². The van der Waals surface area contributed by atoms with Crippen LogP contribution < -0.4 is 28.4 Å². The van der Waals surface area contributed by atoms with Crippen LogP contribution in [-0.4, -0.2) is 44.8 Å². The van der Waals surface area contributed by atoms with Crippen LogP contribution in [0.1, 0.15) is 31.9 Å². The van der Waals surface area contributed by atoms with E-state index in [2.05, 4.69) is 0 Å². The highest BCUT2D eigenvalue weighted by atomic mass is 16.7. The molecule has 0 saturated carbocycles. The van der Waals surface area contributed by atoms with Crippen molar-refractivity contribution in [2.45, 2.75) is 39.2 Å². The van der Waals surface area contributed by atoms with Gasteiger partial charge in [0, 0.05) is 24.5 Å². The first-order valence-electron chi connectivity index (χ1n) is 10.4. The van der Waals surface area contributed by atoms with Crippen molar-refractivity contribution in [3.63, 3.8) is 0 Å². The van der Waals surface area contributed by atoms with Crippen molar-refractivity contribution in [1.82, 2.24) is 0 Å². The molecule has 0 radical (unpaired) electrons. The number of ether oxygens (including phenoxy) is 6. The van der Waals surface area contributed by atoms with Gasteiger partial charge in [-0.2, -0.15) is 0 Å². The third-order valence-corrected chi connectivity index (χ3v) is 6.24. The zero-order valence-corrected chi connectivity index (χ0v) is 19.2. The standard InChI is InChI=1S/C24H28O8/c1-12-7-14-8-17-20(31-11-30-17)22(28-5)18(14)19-15(10-24(12,3)26)9-16(27-4)21(23(19)29-6)32-13(2)25/h8-9,12,26H,7,10-11H2,1-6H3/t12-,24-/m1/s1. The summed E-state index contributed by atoms with van der Waals surface area (Å²) in [7, 11) is 4.56. The lowest BCUT2D eigenvalue weighted by atomic mass is 9.75. The molecule has 0 amide bonds. The Morgan fingerprint density at radius 3 is 2.34 bits per heavy atom. The fraction of sp³-hybridized carbons (Fsp3) is 0.458. The lowest BCUT2D eigenvalue weighted by Gasteiger charge is -2.35. The second-order valence-corrected chi connectivity index (χ2v) is 8.39. The van der Waals surface area contributed by atoms with Crippen LogP contribution in [0.25, 0.3) is 11.1 Å². The van der Waals surface area contributed by atoms with E-state index in [1.54, 1.807) is 13.2 Å². The lowest BCUT2D eigenvalue weighted by molar-refractivity contribution is -0.132.